The number of nitrogens with one attached hydrogen (secondary N) is 1. The van der Waals surface area contributed by atoms with Crippen molar-refractivity contribution in [3.63, 3.8) is 0 Å². The van der Waals surface area contributed by atoms with Gasteiger partial charge in [0.25, 0.3) is 5.91 Å². The third kappa shape index (κ3) is 6.26. The number of benzene rings is 1. The monoisotopic (exact) mass is 448 g/mol. The normalized spacial score (nSPS) is 11.2. The van der Waals surface area contributed by atoms with Gasteiger partial charge in [-0.1, -0.05) is 23.7 Å². The molecular weight excluding hydrogens is 431 g/mol. The molecule has 0 saturated heterocycles. The van der Waals surface area contributed by atoms with E-state index in [0.29, 0.717) is 0 Å². The van der Waals surface area contributed by atoms with E-state index < -0.39 is 34.3 Å². The number of thiophene rings is 1. The molecule has 7 nitrogen and oxygen atoms in total. The number of esters is 1. The number of likely N-dealkylation sites (N-methyl/N-ethyl adjacent to an activating group) is 1. The highest BCUT2D eigenvalue weighted by Crippen LogP contribution is 2.20. The number of nitrogens with zero attached hydrogens (tertiary/aromatic N) is 1. The van der Waals surface area contributed by atoms with Crippen LogP contribution in [-0.2, 0) is 30.9 Å². The summed E-state index contributed by atoms with van der Waals surface area (Å²) >= 11 is 6.97. The van der Waals surface area contributed by atoms with E-state index in [-0.39, 0.29) is 34.3 Å². The largest absolute Gasteiger partial charge is 0.456 e. The van der Waals surface area contributed by atoms with E-state index in [9.17, 15) is 22.4 Å². The number of amides is 1. The Hall–Kier alpha value is -2.01. The van der Waals surface area contributed by atoms with Crippen molar-refractivity contribution in [2.24, 2.45) is 0 Å². The van der Waals surface area contributed by atoms with E-state index in [1.54, 1.807) is 11.4 Å². The summed E-state index contributed by atoms with van der Waals surface area (Å²) in [5.41, 5.74) is 0.161. The number of hydrogen-bond acceptors (Lipinski definition) is 6. The topological polar surface area (TPSA) is 92.8 Å². The predicted octanol–water partition coefficient (Wildman–Crippen LogP) is 2.41. The number of sulfonamides is 1. The fourth-order valence-corrected chi connectivity index (χ4v) is 4.40. The molecule has 1 aromatic heterocycles. The minimum Gasteiger partial charge on any atom is -0.456 e. The van der Waals surface area contributed by atoms with Gasteiger partial charge in [0.15, 0.2) is 6.61 Å². The second-order valence-electron chi connectivity index (χ2n) is 5.69. The Morgan fingerprint density at radius 1 is 1.29 bits per heavy atom. The maximum atomic E-state index is 13.8. The average Bonchev–Trinajstić information content (AvgIpc) is 3.18. The smallest absolute Gasteiger partial charge is 0.307 e. The molecule has 1 amide bonds. The van der Waals surface area contributed by atoms with E-state index in [4.69, 9.17) is 16.3 Å². The summed E-state index contributed by atoms with van der Waals surface area (Å²) in [4.78, 5) is 24.9. The van der Waals surface area contributed by atoms with Gasteiger partial charge in [-0.05, 0) is 23.6 Å². The maximum absolute atomic E-state index is 13.8. The number of rotatable bonds is 9. The average molecular weight is 449 g/mol. The molecule has 1 heterocycles. The van der Waals surface area contributed by atoms with Gasteiger partial charge in [-0.2, -0.15) is 0 Å². The van der Waals surface area contributed by atoms with Crippen LogP contribution in [-0.4, -0.2) is 45.4 Å². The molecule has 0 fully saturated rings. The molecule has 1 aromatic carbocycles. The molecule has 1 N–H and O–H groups in total. The summed E-state index contributed by atoms with van der Waals surface area (Å²) in [5, 5.41) is 1.81. The number of halogens is 2. The molecule has 0 bridgehead atoms. The van der Waals surface area contributed by atoms with Crippen LogP contribution in [0.1, 0.15) is 12.0 Å². The lowest BCUT2D eigenvalue weighted by molar-refractivity contribution is -0.151. The fourth-order valence-electron chi connectivity index (χ4n) is 2.11. The van der Waals surface area contributed by atoms with E-state index in [2.05, 4.69) is 4.72 Å². The number of ether oxygens (including phenoxy) is 1. The van der Waals surface area contributed by atoms with Crippen molar-refractivity contribution in [2.75, 3.05) is 20.2 Å². The highest BCUT2D eigenvalue weighted by atomic mass is 35.5. The summed E-state index contributed by atoms with van der Waals surface area (Å²) in [6, 6.07) is 7.25. The van der Waals surface area contributed by atoms with Crippen LogP contribution in [0.3, 0.4) is 0 Å². The van der Waals surface area contributed by atoms with Gasteiger partial charge < -0.3 is 9.64 Å². The van der Waals surface area contributed by atoms with Gasteiger partial charge in [0, 0.05) is 30.7 Å². The van der Waals surface area contributed by atoms with E-state index >= 15 is 0 Å². The molecule has 0 saturated carbocycles. The second-order valence-corrected chi connectivity index (χ2v) is 9.04. The molecule has 11 heteroatoms. The van der Waals surface area contributed by atoms with E-state index in [0.717, 1.165) is 11.3 Å². The van der Waals surface area contributed by atoms with Crippen molar-refractivity contribution in [1.29, 1.82) is 0 Å². The van der Waals surface area contributed by atoms with Crippen LogP contribution in [0, 0.1) is 5.82 Å². The first kappa shape index (κ1) is 22.3. The molecule has 0 atom stereocenters. The quantitative estimate of drug-likeness (QED) is 0.595. The Balaban J connectivity index is 1.75. The Morgan fingerprint density at radius 2 is 2.04 bits per heavy atom. The molecule has 0 unspecified atom stereocenters. The summed E-state index contributed by atoms with van der Waals surface area (Å²) in [6.07, 6.45) is -0.235. The summed E-state index contributed by atoms with van der Waals surface area (Å²) in [6.45, 7) is -0.782. The van der Waals surface area contributed by atoms with Gasteiger partial charge in [-0.25, -0.2) is 17.5 Å². The van der Waals surface area contributed by atoms with Gasteiger partial charge in [0.05, 0.1) is 6.42 Å². The zero-order chi connectivity index (χ0) is 20.7. The van der Waals surface area contributed by atoms with Crippen molar-refractivity contribution in [1.82, 2.24) is 9.62 Å². The standard InChI is InChI=1S/C17H18ClFN2O5S2/c1-21(10-12-13(18)4-2-5-14(12)19)15(22)11-26-16(23)7-8-20-28(24,25)17-6-3-9-27-17/h2-6,9,20H,7-8,10-11H2,1H3. The van der Waals surface area contributed by atoms with Crippen LogP contribution >= 0.6 is 22.9 Å². The lowest BCUT2D eigenvalue weighted by Gasteiger charge is -2.18. The van der Waals surface area contributed by atoms with Gasteiger partial charge in [-0.3, -0.25) is 9.59 Å². The molecule has 152 valence electrons. The molecule has 0 aliphatic heterocycles. The van der Waals surface area contributed by atoms with Crippen molar-refractivity contribution < 1.29 is 27.1 Å². The Labute approximate surface area is 171 Å². The van der Waals surface area contributed by atoms with Crippen LogP contribution in [0.25, 0.3) is 0 Å². The molecule has 0 aliphatic rings. The molecule has 0 aliphatic carbocycles. The Morgan fingerprint density at radius 3 is 2.68 bits per heavy atom. The van der Waals surface area contributed by atoms with Crippen molar-refractivity contribution in [3.8, 4) is 0 Å². The summed E-state index contributed by atoms with van der Waals surface area (Å²) in [5.74, 6) is -1.83. The Kier molecular flexibility index (Phi) is 7.93. The fraction of sp³-hybridized carbons (Fsp3) is 0.294. The number of hydrogen-bond donors (Lipinski definition) is 1. The predicted molar refractivity (Wildman–Crippen MR) is 103 cm³/mol. The Bertz CT molecular complexity index is 915. The summed E-state index contributed by atoms with van der Waals surface area (Å²) < 4.78 is 44.8. The first-order chi connectivity index (χ1) is 13.2. The first-order valence-corrected chi connectivity index (χ1v) is 10.8. The molecule has 0 radical (unpaired) electrons. The van der Waals surface area contributed by atoms with E-state index in [1.807, 2.05) is 0 Å². The van der Waals surface area contributed by atoms with Gasteiger partial charge in [-0.15, -0.1) is 11.3 Å². The first-order valence-electron chi connectivity index (χ1n) is 8.06. The minimum absolute atomic E-state index is 0.0808. The van der Waals surface area contributed by atoms with Gasteiger partial charge in [0.1, 0.15) is 10.0 Å². The zero-order valence-corrected chi connectivity index (χ0v) is 17.2. The highest BCUT2D eigenvalue weighted by Gasteiger charge is 2.18. The van der Waals surface area contributed by atoms with Crippen LogP contribution in [0.15, 0.2) is 39.9 Å². The van der Waals surface area contributed by atoms with E-state index in [1.165, 1.54) is 36.2 Å². The molecule has 0 spiro atoms. The number of carbonyl (C=O) groups excluding carboxylic acids is 2. The number of carbonyl (C=O) groups is 2. The van der Waals surface area contributed by atoms with Gasteiger partial charge >= 0.3 is 5.97 Å². The van der Waals surface area contributed by atoms with Crippen molar-refractivity contribution >= 4 is 44.8 Å². The zero-order valence-electron chi connectivity index (χ0n) is 14.9. The van der Waals surface area contributed by atoms with Crippen LogP contribution in [0.2, 0.25) is 5.02 Å². The van der Waals surface area contributed by atoms with Crippen LogP contribution in [0.4, 0.5) is 4.39 Å². The lowest BCUT2D eigenvalue weighted by atomic mass is 10.2. The minimum atomic E-state index is -3.66. The van der Waals surface area contributed by atoms with Crippen LogP contribution in [0.5, 0.6) is 0 Å². The van der Waals surface area contributed by atoms with Crippen LogP contribution < -0.4 is 4.72 Å². The lowest BCUT2D eigenvalue weighted by Crippen LogP contribution is -2.32. The molecule has 2 aromatic rings. The molecular formula is C17H18ClFN2O5S2. The SMILES string of the molecule is CN(Cc1c(F)cccc1Cl)C(=O)COC(=O)CCNS(=O)(=O)c1cccs1. The summed E-state index contributed by atoms with van der Waals surface area (Å²) in [7, 11) is -2.24. The van der Waals surface area contributed by atoms with Crippen molar-refractivity contribution in [3.05, 3.63) is 52.1 Å². The molecule has 2 rings (SSSR count). The third-order valence-electron chi connectivity index (χ3n) is 3.62. The van der Waals surface area contributed by atoms with Gasteiger partial charge in [0.2, 0.25) is 10.0 Å². The second kappa shape index (κ2) is 9.97. The van der Waals surface area contributed by atoms with Crippen molar-refractivity contribution in [2.45, 2.75) is 17.2 Å². The highest BCUT2D eigenvalue weighted by molar-refractivity contribution is 7.91. The third-order valence-corrected chi connectivity index (χ3v) is 6.83. The maximum Gasteiger partial charge on any atom is 0.307 e. The molecule has 28 heavy (non-hydrogen) atoms.